The van der Waals surface area contributed by atoms with Crippen molar-refractivity contribution in [3.8, 4) is 0 Å². The van der Waals surface area contributed by atoms with Gasteiger partial charge in [-0.2, -0.15) is 0 Å². The van der Waals surface area contributed by atoms with Gasteiger partial charge in [-0.15, -0.1) is 0 Å². The first-order chi connectivity index (χ1) is 7.19. The Hall–Kier alpha value is -0.810. The van der Waals surface area contributed by atoms with Crippen LogP contribution < -0.4 is 11.1 Å². The van der Waals surface area contributed by atoms with Gasteiger partial charge in [0.25, 0.3) is 0 Å². The van der Waals surface area contributed by atoms with Crippen LogP contribution in [0.1, 0.15) is 39.0 Å². The summed E-state index contributed by atoms with van der Waals surface area (Å²) in [7, 11) is 0. The normalized spacial score (nSPS) is 30.1. The highest BCUT2D eigenvalue weighted by atomic mass is 16.4. The molecule has 1 aliphatic carbocycles. The molecule has 0 bridgehead atoms. The molecule has 88 valence electrons. The maximum Gasteiger partial charge on any atom is 0.156 e. The molecule has 1 saturated carbocycles. The molecule has 5 heteroatoms. The Bertz CT molecular complexity index is 221. The Morgan fingerprint density at radius 1 is 1.53 bits per heavy atom. The van der Waals surface area contributed by atoms with Gasteiger partial charge in [0.05, 0.1) is 12.1 Å². The van der Waals surface area contributed by atoms with E-state index >= 15 is 0 Å². The van der Waals surface area contributed by atoms with Gasteiger partial charge in [0.15, 0.2) is 5.84 Å². The largest absolute Gasteiger partial charge is 0.409 e. The van der Waals surface area contributed by atoms with Crippen LogP contribution in [0.5, 0.6) is 0 Å². The molecule has 0 aromatic rings. The third kappa shape index (κ3) is 3.35. The second-order valence-corrected chi connectivity index (χ2v) is 4.11. The second kappa shape index (κ2) is 5.92. The molecule has 0 saturated heterocycles. The van der Waals surface area contributed by atoms with Crippen molar-refractivity contribution in [2.45, 2.75) is 57.2 Å². The lowest BCUT2D eigenvalue weighted by atomic mass is 9.92. The molecule has 0 aromatic carbocycles. The minimum Gasteiger partial charge on any atom is -0.409 e. The van der Waals surface area contributed by atoms with Crippen molar-refractivity contribution in [3.05, 3.63) is 0 Å². The van der Waals surface area contributed by atoms with Gasteiger partial charge in [-0.3, -0.25) is 0 Å². The Morgan fingerprint density at radius 2 is 2.20 bits per heavy atom. The maximum absolute atomic E-state index is 9.76. The first kappa shape index (κ1) is 12.3. The summed E-state index contributed by atoms with van der Waals surface area (Å²) in [4.78, 5) is 0. The lowest BCUT2D eigenvalue weighted by Crippen LogP contribution is -2.51. The van der Waals surface area contributed by atoms with Crippen molar-refractivity contribution in [1.82, 2.24) is 5.32 Å². The average Bonchev–Trinajstić information content (AvgIpc) is 2.27. The van der Waals surface area contributed by atoms with E-state index in [4.69, 9.17) is 10.9 Å². The standard InChI is InChI=1S/C10H21N3O2/c1-2-7(10(11)13-15)12-8-5-3-4-6-9(8)14/h7-9,12,14-15H,2-6H2,1H3,(H2,11,13). The van der Waals surface area contributed by atoms with Gasteiger partial charge < -0.3 is 21.4 Å². The molecule has 0 heterocycles. The fourth-order valence-corrected chi connectivity index (χ4v) is 2.05. The van der Waals surface area contributed by atoms with E-state index in [9.17, 15) is 5.11 Å². The molecule has 1 aliphatic rings. The average molecular weight is 215 g/mol. The van der Waals surface area contributed by atoms with Gasteiger partial charge in [-0.1, -0.05) is 24.9 Å². The molecular weight excluding hydrogens is 194 g/mol. The van der Waals surface area contributed by atoms with Crippen LogP contribution in [0, 0.1) is 0 Å². The summed E-state index contributed by atoms with van der Waals surface area (Å²) in [6.45, 7) is 1.96. The Morgan fingerprint density at radius 3 is 2.73 bits per heavy atom. The SMILES string of the molecule is CCC(NC1CCCCC1O)C(N)=NO. The van der Waals surface area contributed by atoms with Crippen molar-refractivity contribution < 1.29 is 10.3 Å². The summed E-state index contributed by atoms with van der Waals surface area (Å²) < 4.78 is 0. The third-order valence-corrected chi connectivity index (χ3v) is 3.03. The number of nitrogens with one attached hydrogen (secondary N) is 1. The number of nitrogens with zero attached hydrogens (tertiary/aromatic N) is 1. The molecule has 0 radical (unpaired) electrons. The fraction of sp³-hybridized carbons (Fsp3) is 0.900. The third-order valence-electron chi connectivity index (χ3n) is 3.03. The number of nitrogens with two attached hydrogens (primary N) is 1. The van der Waals surface area contributed by atoms with Crippen molar-refractivity contribution in [1.29, 1.82) is 0 Å². The lowest BCUT2D eigenvalue weighted by Gasteiger charge is -2.31. The highest BCUT2D eigenvalue weighted by Gasteiger charge is 2.25. The van der Waals surface area contributed by atoms with Crippen LogP contribution in [0.2, 0.25) is 0 Å². The van der Waals surface area contributed by atoms with Gasteiger partial charge in [-0.05, 0) is 19.3 Å². The van der Waals surface area contributed by atoms with Crippen molar-refractivity contribution in [2.75, 3.05) is 0 Å². The minimum absolute atomic E-state index is 0.0731. The molecule has 5 nitrogen and oxygen atoms in total. The van der Waals surface area contributed by atoms with Gasteiger partial charge in [0.2, 0.25) is 0 Å². The maximum atomic E-state index is 9.76. The minimum atomic E-state index is -0.306. The van der Waals surface area contributed by atoms with Gasteiger partial charge in [0.1, 0.15) is 0 Å². The number of hydrogen-bond donors (Lipinski definition) is 4. The summed E-state index contributed by atoms with van der Waals surface area (Å²) in [6, 6.07) is -0.0725. The Kier molecular flexibility index (Phi) is 4.84. The number of oxime groups is 1. The second-order valence-electron chi connectivity index (χ2n) is 4.11. The molecule has 15 heavy (non-hydrogen) atoms. The van der Waals surface area contributed by atoms with E-state index in [1.807, 2.05) is 6.92 Å². The van der Waals surface area contributed by atoms with Crippen molar-refractivity contribution in [2.24, 2.45) is 10.9 Å². The predicted molar refractivity (Wildman–Crippen MR) is 58.9 cm³/mol. The molecule has 3 unspecified atom stereocenters. The van der Waals surface area contributed by atoms with E-state index in [1.54, 1.807) is 0 Å². The zero-order chi connectivity index (χ0) is 11.3. The molecule has 0 spiro atoms. The van der Waals surface area contributed by atoms with E-state index in [0.29, 0.717) is 0 Å². The number of amidine groups is 1. The van der Waals surface area contributed by atoms with E-state index < -0.39 is 0 Å². The van der Waals surface area contributed by atoms with E-state index in [2.05, 4.69) is 10.5 Å². The first-order valence-electron chi connectivity index (χ1n) is 5.60. The fourth-order valence-electron chi connectivity index (χ4n) is 2.05. The number of aliphatic hydroxyl groups excluding tert-OH is 1. The smallest absolute Gasteiger partial charge is 0.156 e. The molecule has 3 atom stereocenters. The quantitative estimate of drug-likeness (QED) is 0.236. The molecule has 5 N–H and O–H groups in total. The van der Waals surface area contributed by atoms with Crippen LogP contribution in [0.3, 0.4) is 0 Å². The summed E-state index contributed by atoms with van der Waals surface area (Å²) in [5.74, 6) is 0.190. The van der Waals surface area contributed by atoms with Gasteiger partial charge in [-0.25, -0.2) is 0 Å². The predicted octanol–water partition coefficient (Wildman–Crippen LogP) is 0.404. The number of aliphatic hydroxyl groups is 1. The monoisotopic (exact) mass is 215 g/mol. The summed E-state index contributed by atoms with van der Waals surface area (Å²) in [5.41, 5.74) is 5.55. The summed E-state index contributed by atoms with van der Waals surface area (Å²) in [6.07, 6.45) is 4.44. The molecule has 0 aromatic heterocycles. The molecular formula is C10H21N3O2. The first-order valence-corrected chi connectivity index (χ1v) is 5.60. The Labute approximate surface area is 90.3 Å². The zero-order valence-corrected chi connectivity index (χ0v) is 9.19. The topological polar surface area (TPSA) is 90.9 Å². The van der Waals surface area contributed by atoms with Crippen LogP contribution in [0.15, 0.2) is 5.16 Å². The molecule has 0 amide bonds. The summed E-state index contributed by atoms with van der Waals surface area (Å²) in [5, 5.41) is 24.6. The van der Waals surface area contributed by atoms with E-state index in [-0.39, 0.29) is 24.0 Å². The van der Waals surface area contributed by atoms with Crippen LogP contribution in [0.4, 0.5) is 0 Å². The lowest BCUT2D eigenvalue weighted by molar-refractivity contribution is 0.0881. The highest BCUT2D eigenvalue weighted by molar-refractivity contribution is 5.85. The van der Waals surface area contributed by atoms with Crippen LogP contribution in [-0.2, 0) is 0 Å². The van der Waals surface area contributed by atoms with Crippen molar-refractivity contribution in [3.63, 3.8) is 0 Å². The van der Waals surface area contributed by atoms with Gasteiger partial charge >= 0.3 is 0 Å². The van der Waals surface area contributed by atoms with E-state index in [0.717, 1.165) is 32.1 Å². The Balaban J connectivity index is 2.50. The molecule has 1 fully saturated rings. The van der Waals surface area contributed by atoms with E-state index in [1.165, 1.54) is 0 Å². The summed E-state index contributed by atoms with van der Waals surface area (Å²) >= 11 is 0. The number of hydrogen-bond acceptors (Lipinski definition) is 4. The molecule has 1 rings (SSSR count). The highest BCUT2D eigenvalue weighted by Crippen LogP contribution is 2.19. The van der Waals surface area contributed by atoms with Crippen LogP contribution in [-0.4, -0.2) is 34.3 Å². The number of rotatable bonds is 4. The zero-order valence-electron chi connectivity index (χ0n) is 9.19. The molecule has 0 aliphatic heterocycles. The van der Waals surface area contributed by atoms with Gasteiger partial charge in [0, 0.05) is 6.04 Å². The van der Waals surface area contributed by atoms with Crippen molar-refractivity contribution >= 4 is 5.84 Å². The van der Waals surface area contributed by atoms with Crippen LogP contribution in [0.25, 0.3) is 0 Å². The van der Waals surface area contributed by atoms with Crippen LogP contribution >= 0.6 is 0 Å².